The summed E-state index contributed by atoms with van der Waals surface area (Å²) in [4.78, 5) is 16.5. The van der Waals surface area contributed by atoms with E-state index >= 15 is 0 Å². The van der Waals surface area contributed by atoms with Crippen LogP contribution in [0.4, 0.5) is 5.69 Å². The van der Waals surface area contributed by atoms with Gasteiger partial charge in [0.15, 0.2) is 17.9 Å². The molecule has 0 fully saturated rings. The number of aldehydes is 1. The van der Waals surface area contributed by atoms with Gasteiger partial charge in [0.25, 0.3) is 0 Å². The first-order valence-electron chi connectivity index (χ1n) is 12.3. The first-order chi connectivity index (χ1) is 17.7. The van der Waals surface area contributed by atoms with E-state index in [0.29, 0.717) is 23.3 Å². The lowest BCUT2D eigenvalue weighted by atomic mass is 10.0. The normalized spacial score (nSPS) is 11.9. The Labute approximate surface area is 217 Å². The first kappa shape index (κ1) is 26.0. The Balaban J connectivity index is 1.84. The fourth-order valence-electron chi connectivity index (χ4n) is 4.51. The van der Waals surface area contributed by atoms with E-state index in [4.69, 9.17) is 10.2 Å². The van der Waals surface area contributed by atoms with Gasteiger partial charge in [0.2, 0.25) is 0 Å². The Morgan fingerprint density at radius 1 is 1.14 bits per heavy atom. The molecule has 37 heavy (non-hydrogen) atoms. The summed E-state index contributed by atoms with van der Waals surface area (Å²) in [6.45, 7) is 6.02. The van der Waals surface area contributed by atoms with Crippen LogP contribution in [0.5, 0.6) is 0 Å². The monoisotopic (exact) mass is 501 g/mol. The Kier molecular flexibility index (Phi) is 7.63. The van der Waals surface area contributed by atoms with Crippen LogP contribution in [0, 0.1) is 13.8 Å². The van der Waals surface area contributed by atoms with E-state index in [-0.39, 0.29) is 11.5 Å². The van der Waals surface area contributed by atoms with E-state index in [1.807, 2.05) is 38.1 Å². The predicted molar refractivity (Wildman–Crippen MR) is 150 cm³/mol. The highest BCUT2D eigenvalue weighted by atomic mass is 16.3. The van der Waals surface area contributed by atoms with Crippen LogP contribution < -0.4 is 16.1 Å². The Bertz CT molecular complexity index is 1430. The van der Waals surface area contributed by atoms with Crippen LogP contribution in [0.25, 0.3) is 28.1 Å². The summed E-state index contributed by atoms with van der Waals surface area (Å²) in [6.07, 6.45) is 1.76. The van der Waals surface area contributed by atoms with Crippen molar-refractivity contribution >= 4 is 28.8 Å². The number of furan rings is 1. The number of rotatable bonds is 10. The summed E-state index contributed by atoms with van der Waals surface area (Å²) in [5, 5.41) is 9.78. The molecule has 194 valence electrons. The minimum Gasteiger partial charge on any atom is -0.454 e. The van der Waals surface area contributed by atoms with E-state index in [2.05, 4.69) is 64.8 Å². The van der Waals surface area contributed by atoms with Gasteiger partial charge in [0.05, 0.1) is 11.3 Å². The Morgan fingerprint density at radius 2 is 1.86 bits per heavy atom. The number of hydrogen-bond acceptors (Lipinski definition) is 7. The number of nitrogens with two attached hydrogens (primary N) is 1. The number of amidine groups is 1. The van der Waals surface area contributed by atoms with Crippen molar-refractivity contribution in [2.75, 3.05) is 46.2 Å². The van der Waals surface area contributed by atoms with Gasteiger partial charge in [-0.05, 0) is 77.3 Å². The van der Waals surface area contributed by atoms with Gasteiger partial charge in [-0.2, -0.15) is 10.2 Å². The van der Waals surface area contributed by atoms with E-state index in [0.717, 1.165) is 53.0 Å². The van der Waals surface area contributed by atoms with E-state index in [9.17, 15) is 4.79 Å². The highest BCUT2D eigenvalue weighted by molar-refractivity contribution is 6.08. The van der Waals surface area contributed by atoms with Crippen molar-refractivity contribution in [1.29, 1.82) is 0 Å². The number of fused-ring (bicyclic) bond motifs is 1. The summed E-state index contributed by atoms with van der Waals surface area (Å²) in [5.41, 5.74) is 14.9. The SMILES string of the molecule is CN/N=C(/N)c1c(C=O)nn(-c2ccc(N(C)CCCN(C)C)cc2)c1-c1oc2ccc(C)cc2c1C. The van der Waals surface area contributed by atoms with Crippen molar-refractivity contribution in [2.24, 2.45) is 10.8 Å². The third kappa shape index (κ3) is 5.22. The van der Waals surface area contributed by atoms with Crippen LogP contribution in [-0.4, -0.2) is 68.1 Å². The molecule has 0 atom stereocenters. The maximum atomic E-state index is 12.1. The number of carbonyl (C=O) groups excluding carboxylic acids is 1. The third-order valence-corrected chi connectivity index (χ3v) is 6.45. The molecule has 0 aliphatic heterocycles. The minimum atomic E-state index is 0.152. The molecule has 2 heterocycles. The predicted octanol–water partition coefficient (Wildman–Crippen LogP) is 3.94. The maximum Gasteiger partial charge on any atom is 0.171 e. The van der Waals surface area contributed by atoms with Gasteiger partial charge >= 0.3 is 0 Å². The number of benzene rings is 2. The van der Waals surface area contributed by atoms with Crippen molar-refractivity contribution in [3.8, 4) is 17.1 Å². The maximum absolute atomic E-state index is 12.1. The smallest absolute Gasteiger partial charge is 0.171 e. The average Bonchev–Trinajstić information content (AvgIpc) is 3.41. The Morgan fingerprint density at radius 3 is 2.51 bits per heavy atom. The molecular weight excluding hydrogens is 466 g/mol. The molecule has 9 heteroatoms. The molecule has 2 aromatic heterocycles. The number of hydrazone groups is 1. The summed E-state index contributed by atoms with van der Waals surface area (Å²) in [5.74, 6) is 0.745. The van der Waals surface area contributed by atoms with Gasteiger partial charge < -0.3 is 25.4 Å². The lowest BCUT2D eigenvalue weighted by molar-refractivity contribution is 0.111. The highest BCUT2D eigenvalue weighted by Crippen LogP contribution is 2.37. The molecule has 0 amide bonds. The molecule has 3 N–H and O–H groups in total. The summed E-state index contributed by atoms with van der Waals surface area (Å²) in [6, 6.07) is 14.1. The molecule has 0 saturated carbocycles. The summed E-state index contributed by atoms with van der Waals surface area (Å²) in [7, 11) is 7.90. The van der Waals surface area contributed by atoms with Crippen molar-refractivity contribution < 1.29 is 9.21 Å². The van der Waals surface area contributed by atoms with Crippen molar-refractivity contribution in [1.82, 2.24) is 20.1 Å². The molecule has 9 nitrogen and oxygen atoms in total. The molecule has 0 spiro atoms. The van der Waals surface area contributed by atoms with Gasteiger partial charge in [-0.1, -0.05) is 11.6 Å². The molecule has 4 rings (SSSR count). The Hall–Kier alpha value is -4.11. The number of carbonyl (C=O) groups is 1. The zero-order chi connectivity index (χ0) is 26.7. The number of aryl methyl sites for hydroxylation is 2. The summed E-state index contributed by atoms with van der Waals surface area (Å²) >= 11 is 0. The van der Waals surface area contributed by atoms with Gasteiger partial charge in [0.1, 0.15) is 17.0 Å². The lowest BCUT2D eigenvalue weighted by Crippen LogP contribution is -2.23. The molecule has 0 radical (unpaired) electrons. The minimum absolute atomic E-state index is 0.152. The van der Waals surface area contributed by atoms with Crippen molar-refractivity contribution in [3.05, 3.63) is 64.8 Å². The van der Waals surface area contributed by atoms with Gasteiger partial charge in [-0.3, -0.25) is 4.79 Å². The van der Waals surface area contributed by atoms with Crippen molar-refractivity contribution in [3.63, 3.8) is 0 Å². The number of nitrogens with zero attached hydrogens (tertiary/aromatic N) is 5. The standard InChI is InChI=1S/C28H35N7O2/c1-18-8-13-24-22(16-18)19(2)27(37-24)26-25(28(29)31-30-3)23(17-36)32-35(26)21-11-9-20(10-12-21)34(6)15-7-14-33(4)5/h8-13,16-17,30H,7,14-15H2,1-6H3,(H2,29,31). The fraction of sp³-hybridized carbons (Fsp3) is 0.321. The number of anilines is 1. The molecule has 0 unspecified atom stereocenters. The van der Waals surface area contributed by atoms with Crippen LogP contribution >= 0.6 is 0 Å². The van der Waals surface area contributed by atoms with Crippen LogP contribution in [0.3, 0.4) is 0 Å². The van der Waals surface area contributed by atoms with Gasteiger partial charge in [-0.15, -0.1) is 0 Å². The van der Waals surface area contributed by atoms with Crippen LogP contribution in [-0.2, 0) is 0 Å². The highest BCUT2D eigenvalue weighted by Gasteiger charge is 2.27. The van der Waals surface area contributed by atoms with Crippen LogP contribution in [0.2, 0.25) is 0 Å². The molecule has 0 aliphatic rings. The zero-order valence-electron chi connectivity index (χ0n) is 22.4. The molecular formula is C28H35N7O2. The molecule has 4 aromatic rings. The van der Waals surface area contributed by atoms with Crippen LogP contribution in [0.1, 0.15) is 33.6 Å². The lowest BCUT2D eigenvalue weighted by Gasteiger charge is -2.21. The molecule has 0 bridgehead atoms. The van der Waals surface area contributed by atoms with Gasteiger partial charge in [0, 0.05) is 37.3 Å². The van der Waals surface area contributed by atoms with Gasteiger partial charge in [-0.25, -0.2) is 4.68 Å². The number of nitrogens with one attached hydrogen (secondary N) is 1. The third-order valence-electron chi connectivity index (χ3n) is 6.45. The zero-order valence-corrected chi connectivity index (χ0v) is 22.4. The largest absolute Gasteiger partial charge is 0.454 e. The van der Waals surface area contributed by atoms with E-state index < -0.39 is 0 Å². The number of aromatic nitrogens is 2. The molecule has 0 saturated heterocycles. The molecule has 0 aliphatic carbocycles. The topological polar surface area (TPSA) is 105 Å². The fourth-order valence-corrected chi connectivity index (χ4v) is 4.51. The second kappa shape index (κ2) is 10.9. The van der Waals surface area contributed by atoms with Crippen molar-refractivity contribution in [2.45, 2.75) is 20.3 Å². The quantitative estimate of drug-likeness (QED) is 0.147. The summed E-state index contributed by atoms with van der Waals surface area (Å²) < 4.78 is 8.05. The first-order valence-corrected chi connectivity index (χ1v) is 12.3. The van der Waals surface area contributed by atoms with E-state index in [1.54, 1.807) is 11.7 Å². The number of hydrogen-bond donors (Lipinski definition) is 2. The average molecular weight is 502 g/mol. The second-order valence-electron chi connectivity index (χ2n) is 9.51. The van der Waals surface area contributed by atoms with Crippen LogP contribution in [0.15, 0.2) is 52.0 Å². The molecule has 2 aromatic carbocycles. The second-order valence-corrected chi connectivity index (χ2v) is 9.51. The van der Waals surface area contributed by atoms with E-state index in [1.165, 1.54) is 0 Å².